The summed E-state index contributed by atoms with van der Waals surface area (Å²) >= 11 is 13.5. The van der Waals surface area contributed by atoms with Gasteiger partial charge in [-0.05, 0) is 25.4 Å². The molecule has 0 aliphatic carbocycles. The quantitative estimate of drug-likeness (QED) is 0.603. The predicted molar refractivity (Wildman–Crippen MR) is 93.7 cm³/mol. The average molecular weight is 404 g/mol. The standard InChI is InChI=1S/C14H15Cl2N5O3S/c1-13(2)23-6-4-25-14(8(6)24-13,11(22)17-3)21-5-18-7-9(15)19-12(16)20-10(7)21/h5-6,8H,4H2,1-3H3,(H,17,22)/t6-,8?,14?/m0/s1. The number of aromatic nitrogens is 4. The Bertz CT molecular complexity index is 876. The summed E-state index contributed by atoms with van der Waals surface area (Å²) in [6, 6.07) is 0. The van der Waals surface area contributed by atoms with Crippen molar-refractivity contribution in [3.8, 4) is 0 Å². The van der Waals surface area contributed by atoms with E-state index in [1.54, 1.807) is 11.6 Å². The number of carbonyl (C=O) groups excluding carboxylic acids is 1. The van der Waals surface area contributed by atoms with Crippen LogP contribution in [0, 0.1) is 0 Å². The zero-order chi connectivity index (χ0) is 18.0. The van der Waals surface area contributed by atoms with Gasteiger partial charge in [0, 0.05) is 12.8 Å². The van der Waals surface area contributed by atoms with Crippen molar-refractivity contribution in [3.05, 3.63) is 16.8 Å². The first-order chi connectivity index (χ1) is 11.8. The summed E-state index contributed by atoms with van der Waals surface area (Å²) in [4.78, 5) is 24.2. The molecule has 2 aromatic rings. The van der Waals surface area contributed by atoms with Gasteiger partial charge in [-0.2, -0.15) is 4.98 Å². The molecule has 25 heavy (non-hydrogen) atoms. The summed E-state index contributed by atoms with van der Waals surface area (Å²) in [5.41, 5.74) is 0.742. The minimum atomic E-state index is -1.14. The van der Waals surface area contributed by atoms with Crippen molar-refractivity contribution in [2.24, 2.45) is 0 Å². The van der Waals surface area contributed by atoms with E-state index in [0.29, 0.717) is 16.9 Å². The van der Waals surface area contributed by atoms with Gasteiger partial charge in [0.05, 0.1) is 6.33 Å². The van der Waals surface area contributed by atoms with Gasteiger partial charge in [-0.15, -0.1) is 11.8 Å². The Morgan fingerprint density at radius 3 is 2.88 bits per heavy atom. The van der Waals surface area contributed by atoms with Crippen molar-refractivity contribution >= 4 is 52.0 Å². The van der Waals surface area contributed by atoms with E-state index in [-0.39, 0.29) is 22.4 Å². The molecule has 0 bridgehead atoms. The van der Waals surface area contributed by atoms with Crippen LogP contribution in [0.25, 0.3) is 11.2 Å². The number of hydrogen-bond acceptors (Lipinski definition) is 7. The second kappa shape index (κ2) is 5.68. The van der Waals surface area contributed by atoms with Crippen molar-refractivity contribution in [1.82, 2.24) is 24.8 Å². The lowest BCUT2D eigenvalue weighted by atomic mass is 10.1. The van der Waals surface area contributed by atoms with Crippen LogP contribution in [0.5, 0.6) is 0 Å². The average Bonchev–Trinajstić information content (AvgIpc) is 3.17. The first-order valence-electron chi connectivity index (χ1n) is 7.57. The lowest BCUT2D eigenvalue weighted by Gasteiger charge is -2.33. The topological polar surface area (TPSA) is 91.2 Å². The van der Waals surface area contributed by atoms with Crippen LogP contribution in [0.1, 0.15) is 13.8 Å². The third-order valence-electron chi connectivity index (χ3n) is 4.27. The number of nitrogens with one attached hydrogen (secondary N) is 1. The fraction of sp³-hybridized carbons (Fsp3) is 0.571. The van der Waals surface area contributed by atoms with Gasteiger partial charge >= 0.3 is 0 Å². The largest absolute Gasteiger partial charge is 0.356 e. The number of imidazole rings is 1. The molecule has 2 unspecified atom stereocenters. The molecule has 0 radical (unpaired) electrons. The van der Waals surface area contributed by atoms with Gasteiger partial charge in [0.2, 0.25) is 10.2 Å². The van der Waals surface area contributed by atoms with E-state index in [1.165, 1.54) is 18.1 Å². The number of nitrogens with zero attached hydrogens (tertiary/aromatic N) is 4. The summed E-state index contributed by atoms with van der Waals surface area (Å²) in [6.45, 7) is 3.65. The third-order valence-corrected chi connectivity index (χ3v) is 6.26. The summed E-state index contributed by atoms with van der Waals surface area (Å²) in [6.07, 6.45) is 0.765. The number of halogens is 2. The van der Waals surface area contributed by atoms with E-state index in [2.05, 4.69) is 20.3 Å². The van der Waals surface area contributed by atoms with Crippen LogP contribution in [-0.2, 0) is 19.1 Å². The molecule has 1 amide bonds. The van der Waals surface area contributed by atoms with Crippen molar-refractivity contribution in [2.75, 3.05) is 12.8 Å². The van der Waals surface area contributed by atoms with Crippen LogP contribution in [-0.4, -0.2) is 56.2 Å². The Balaban J connectivity index is 1.94. The van der Waals surface area contributed by atoms with Gasteiger partial charge in [-0.3, -0.25) is 9.36 Å². The summed E-state index contributed by atoms with van der Waals surface area (Å²) < 4.78 is 13.7. The number of hydrogen-bond donors (Lipinski definition) is 1. The molecule has 2 fully saturated rings. The molecule has 4 heterocycles. The molecular weight excluding hydrogens is 389 g/mol. The molecule has 3 atom stereocenters. The Labute approximate surface area is 157 Å². The maximum atomic E-state index is 13.0. The van der Waals surface area contributed by atoms with E-state index in [0.717, 1.165) is 0 Å². The molecule has 2 aromatic heterocycles. The van der Waals surface area contributed by atoms with Gasteiger partial charge in [0.1, 0.15) is 17.7 Å². The zero-order valence-electron chi connectivity index (χ0n) is 13.6. The van der Waals surface area contributed by atoms with Crippen LogP contribution >= 0.6 is 35.0 Å². The molecule has 2 aliphatic heterocycles. The first-order valence-corrected chi connectivity index (χ1v) is 9.31. The Morgan fingerprint density at radius 2 is 2.16 bits per heavy atom. The SMILES string of the molecule is CNC(=O)C1(n2cnc3c(Cl)nc(Cl)nc32)SC[C@@H]2OC(C)(C)OC21. The number of thioether (sulfide) groups is 1. The van der Waals surface area contributed by atoms with Crippen molar-refractivity contribution in [2.45, 2.75) is 36.7 Å². The number of amides is 1. The normalized spacial score (nSPS) is 30.6. The Morgan fingerprint density at radius 1 is 1.40 bits per heavy atom. The van der Waals surface area contributed by atoms with Crippen molar-refractivity contribution < 1.29 is 14.3 Å². The molecular formula is C14H15Cl2N5O3S. The molecule has 1 N–H and O–H groups in total. The molecule has 134 valence electrons. The van der Waals surface area contributed by atoms with E-state index < -0.39 is 16.8 Å². The van der Waals surface area contributed by atoms with Crippen molar-refractivity contribution in [1.29, 1.82) is 0 Å². The number of fused-ring (bicyclic) bond motifs is 2. The monoisotopic (exact) mass is 403 g/mol. The minimum Gasteiger partial charge on any atom is -0.356 e. The van der Waals surface area contributed by atoms with Crippen LogP contribution in [0.4, 0.5) is 0 Å². The smallest absolute Gasteiger partial charge is 0.259 e. The summed E-state index contributed by atoms with van der Waals surface area (Å²) in [5.74, 6) is -0.430. The van der Waals surface area contributed by atoms with Crippen molar-refractivity contribution in [3.63, 3.8) is 0 Å². The molecule has 0 aromatic carbocycles. The fourth-order valence-electron chi connectivity index (χ4n) is 3.35. The molecule has 11 heteroatoms. The van der Waals surface area contributed by atoms with Gasteiger partial charge in [0.25, 0.3) is 5.91 Å². The molecule has 0 saturated carbocycles. The third kappa shape index (κ3) is 2.44. The van der Waals surface area contributed by atoms with Crippen LogP contribution in [0.15, 0.2) is 6.33 Å². The maximum Gasteiger partial charge on any atom is 0.259 e. The summed E-state index contributed by atoms with van der Waals surface area (Å²) in [7, 11) is 1.58. The predicted octanol–water partition coefficient (Wildman–Crippen LogP) is 1.80. The minimum absolute atomic E-state index is 0.0187. The van der Waals surface area contributed by atoms with Gasteiger partial charge in [-0.1, -0.05) is 11.6 Å². The summed E-state index contributed by atoms with van der Waals surface area (Å²) in [5, 5.41) is 2.83. The van der Waals surface area contributed by atoms with Gasteiger partial charge in [-0.25, -0.2) is 9.97 Å². The highest BCUT2D eigenvalue weighted by atomic mass is 35.5. The number of rotatable bonds is 2. The highest BCUT2D eigenvalue weighted by Gasteiger charge is 2.63. The zero-order valence-corrected chi connectivity index (χ0v) is 15.9. The van der Waals surface area contributed by atoms with Crippen LogP contribution in [0.3, 0.4) is 0 Å². The first kappa shape index (κ1) is 17.3. The highest BCUT2D eigenvalue weighted by Crippen LogP contribution is 2.52. The van der Waals surface area contributed by atoms with E-state index in [1.807, 2.05) is 13.8 Å². The number of likely N-dealkylation sites (N-methyl/N-ethyl adjacent to an activating group) is 1. The highest BCUT2D eigenvalue weighted by molar-refractivity contribution is 8.01. The Kier molecular flexibility index (Phi) is 3.93. The molecule has 4 rings (SSSR count). The molecule has 2 aliphatic rings. The Hall–Kier alpha value is -1.13. The van der Waals surface area contributed by atoms with E-state index in [9.17, 15) is 4.79 Å². The number of carbonyl (C=O) groups is 1. The maximum absolute atomic E-state index is 13.0. The lowest BCUT2D eigenvalue weighted by Crippen LogP contribution is -2.53. The fourth-order valence-corrected chi connectivity index (χ4v) is 5.31. The number of ether oxygens (including phenoxy) is 2. The van der Waals surface area contributed by atoms with Gasteiger partial charge in [0.15, 0.2) is 16.6 Å². The van der Waals surface area contributed by atoms with Crippen LogP contribution < -0.4 is 5.32 Å². The molecule has 8 nitrogen and oxygen atoms in total. The second-order valence-corrected chi connectivity index (χ2v) is 8.19. The van der Waals surface area contributed by atoms with Crippen LogP contribution in [0.2, 0.25) is 10.4 Å². The van der Waals surface area contributed by atoms with E-state index >= 15 is 0 Å². The molecule has 0 spiro atoms. The molecule has 2 saturated heterocycles. The second-order valence-electron chi connectivity index (χ2n) is 6.25. The van der Waals surface area contributed by atoms with Gasteiger partial charge < -0.3 is 14.8 Å². The lowest BCUT2D eigenvalue weighted by molar-refractivity contribution is -0.155. The van der Waals surface area contributed by atoms with E-state index in [4.69, 9.17) is 32.7 Å².